The minimum atomic E-state index is -5.38. The van der Waals surface area contributed by atoms with E-state index in [9.17, 15) is 27.6 Å². The molecule has 2 aromatic rings. The van der Waals surface area contributed by atoms with E-state index in [1.807, 2.05) is 0 Å². The molecule has 1 saturated heterocycles. The van der Waals surface area contributed by atoms with Crippen molar-refractivity contribution in [2.45, 2.75) is 18.4 Å². The molecule has 1 heterocycles. The first-order valence-corrected chi connectivity index (χ1v) is 9.98. The molecule has 1 atom stereocenters. The van der Waals surface area contributed by atoms with E-state index in [0.717, 1.165) is 6.07 Å². The number of benzene rings is 2. The van der Waals surface area contributed by atoms with Crippen LogP contribution in [-0.4, -0.2) is 63.0 Å². The van der Waals surface area contributed by atoms with E-state index >= 15 is 0 Å². The first-order chi connectivity index (χ1) is 16.5. The number of alkyl halides is 3. The standard InChI is InChI=1S/C22H22F3N3O7/c1-32-13-7-5-12(6-8-13)11-28-19(30)21(22(23,24)25,27-20(28)31)26-18(29)14-9-10-15(33-2)17(35-4)16(14)34-3/h5-10H,11H2,1-4H3,(H,26,29)(H,27,31)/t21-/m0/s1. The van der Waals surface area contributed by atoms with Crippen molar-refractivity contribution in [1.29, 1.82) is 0 Å². The summed E-state index contributed by atoms with van der Waals surface area (Å²) in [5, 5.41) is 3.24. The van der Waals surface area contributed by atoms with Crippen molar-refractivity contribution in [1.82, 2.24) is 15.5 Å². The predicted molar refractivity (Wildman–Crippen MR) is 114 cm³/mol. The third-order valence-electron chi connectivity index (χ3n) is 5.28. The number of nitrogens with one attached hydrogen (secondary N) is 2. The van der Waals surface area contributed by atoms with Crippen molar-refractivity contribution in [2.24, 2.45) is 0 Å². The summed E-state index contributed by atoms with van der Waals surface area (Å²) < 4.78 is 63.0. The highest BCUT2D eigenvalue weighted by atomic mass is 19.4. The molecule has 13 heteroatoms. The fourth-order valence-corrected chi connectivity index (χ4v) is 3.50. The Hall–Kier alpha value is -4.16. The molecule has 1 fully saturated rings. The molecular weight excluding hydrogens is 475 g/mol. The zero-order chi connectivity index (χ0) is 26.0. The molecule has 1 aliphatic rings. The van der Waals surface area contributed by atoms with Gasteiger partial charge in [0.05, 0.1) is 40.5 Å². The minimum Gasteiger partial charge on any atom is -0.497 e. The molecule has 35 heavy (non-hydrogen) atoms. The van der Waals surface area contributed by atoms with Crippen molar-refractivity contribution >= 4 is 17.8 Å². The van der Waals surface area contributed by atoms with Crippen molar-refractivity contribution in [3.8, 4) is 23.0 Å². The van der Waals surface area contributed by atoms with Crippen LogP contribution in [0.25, 0.3) is 0 Å². The average molecular weight is 497 g/mol. The Morgan fingerprint density at radius 3 is 2.09 bits per heavy atom. The molecule has 188 valence electrons. The third kappa shape index (κ3) is 4.48. The Kier molecular flexibility index (Phi) is 6.99. The van der Waals surface area contributed by atoms with E-state index in [-0.39, 0.29) is 22.8 Å². The Morgan fingerprint density at radius 2 is 1.57 bits per heavy atom. The van der Waals surface area contributed by atoms with Gasteiger partial charge in [-0.1, -0.05) is 12.1 Å². The molecule has 0 radical (unpaired) electrons. The summed E-state index contributed by atoms with van der Waals surface area (Å²) in [5.74, 6) is -2.69. The predicted octanol–water partition coefficient (Wildman–Crippen LogP) is 2.46. The summed E-state index contributed by atoms with van der Waals surface area (Å²) >= 11 is 0. The van der Waals surface area contributed by atoms with Crippen LogP contribution < -0.4 is 29.6 Å². The Labute approximate surface area is 197 Å². The van der Waals surface area contributed by atoms with Crippen molar-refractivity contribution < 1.29 is 46.5 Å². The van der Waals surface area contributed by atoms with Gasteiger partial charge in [-0.15, -0.1) is 0 Å². The molecule has 3 rings (SSSR count). The largest absolute Gasteiger partial charge is 0.497 e. The van der Waals surface area contributed by atoms with Crippen LogP contribution in [0.5, 0.6) is 23.0 Å². The SMILES string of the molecule is COc1ccc(CN2C(=O)N[C@](NC(=O)c3ccc(OC)c(OC)c3OC)(C(F)(F)F)C2=O)cc1. The molecule has 2 aromatic carbocycles. The van der Waals surface area contributed by atoms with E-state index in [1.54, 1.807) is 10.6 Å². The van der Waals surface area contributed by atoms with Gasteiger partial charge < -0.3 is 24.3 Å². The second kappa shape index (κ2) is 9.60. The molecule has 0 aliphatic carbocycles. The summed E-state index contributed by atoms with van der Waals surface area (Å²) in [6.45, 7) is -0.470. The lowest BCUT2D eigenvalue weighted by Gasteiger charge is -2.30. The van der Waals surface area contributed by atoms with Crippen LogP contribution in [0.15, 0.2) is 36.4 Å². The van der Waals surface area contributed by atoms with Crippen LogP contribution in [0, 0.1) is 0 Å². The molecule has 2 N–H and O–H groups in total. The van der Waals surface area contributed by atoms with Gasteiger partial charge in [0.25, 0.3) is 17.5 Å². The van der Waals surface area contributed by atoms with Crippen LogP contribution in [0.3, 0.4) is 0 Å². The highest BCUT2D eigenvalue weighted by Gasteiger charge is 2.68. The maximum atomic E-state index is 14.2. The zero-order valence-corrected chi connectivity index (χ0v) is 19.1. The van der Waals surface area contributed by atoms with Crippen molar-refractivity contribution in [3.05, 3.63) is 47.5 Å². The summed E-state index contributed by atoms with van der Waals surface area (Å²) in [7, 11) is 5.17. The molecule has 0 aromatic heterocycles. The van der Waals surface area contributed by atoms with Crippen LogP contribution in [0.4, 0.5) is 18.0 Å². The number of carbonyl (C=O) groups excluding carboxylic acids is 3. The maximum absolute atomic E-state index is 14.2. The molecule has 0 spiro atoms. The van der Waals surface area contributed by atoms with Gasteiger partial charge in [0.2, 0.25) is 5.75 Å². The second-order valence-corrected chi connectivity index (χ2v) is 7.25. The number of rotatable bonds is 8. The van der Waals surface area contributed by atoms with Gasteiger partial charge in [-0.2, -0.15) is 13.2 Å². The Bertz CT molecular complexity index is 1140. The normalized spacial score (nSPS) is 17.6. The fraction of sp³-hybridized carbons (Fsp3) is 0.318. The van der Waals surface area contributed by atoms with Crippen LogP contribution >= 0.6 is 0 Å². The van der Waals surface area contributed by atoms with Crippen LogP contribution in [0.2, 0.25) is 0 Å². The van der Waals surface area contributed by atoms with Crippen molar-refractivity contribution in [2.75, 3.05) is 28.4 Å². The number of imide groups is 1. The summed E-state index contributed by atoms with van der Waals surface area (Å²) in [4.78, 5) is 38.7. The number of urea groups is 1. The fourth-order valence-electron chi connectivity index (χ4n) is 3.50. The van der Waals surface area contributed by atoms with Gasteiger partial charge in [0.15, 0.2) is 11.5 Å². The highest BCUT2D eigenvalue weighted by Crippen LogP contribution is 2.41. The second-order valence-electron chi connectivity index (χ2n) is 7.25. The quantitative estimate of drug-likeness (QED) is 0.539. The van der Waals surface area contributed by atoms with E-state index < -0.39 is 36.2 Å². The first-order valence-electron chi connectivity index (χ1n) is 9.98. The van der Waals surface area contributed by atoms with Gasteiger partial charge in [-0.05, 0) is 29.8 Å². The number of amides is 4. The van der Waals surface area contributed by atoms with Gasteiger partial charge in [0.1, 0.15) is 5.75 Å². The maximum Gasteiger partial charge on any atom is 0.440 e. The van der Waals surface area contributed by atoms with Crippen molar-refractivity contribution in [3.63, 3.8) is 0 Å². The summed E-state index contributed by atoms with van der Waals surface area (Å²) in [6.07, 6.45) is -5.38. The minimum absolute atomic E-state index is 0.0494. The number of ether oxygens (including phenoxy) is 4. The average Bonchev–Trinajstić information content (AvgIpc) is 3.08. The first kappa shape index (κ1) is 25.5. The van der Waals surface area contributed by atoms with Gasteiger partial charge >= 0.3 is 12.2 Å². The van der Waals surface area contributed by atoms with Gasteiger partial charge in [0, 0.05) is 0 Å². The highest BCUT2D eigenvalue weighted by molar-refractivity contribution is 6.10. The van der Waals surface area contributed by atoms with E-state index in [0.29, 0.717) is 16.2 Å². The number of carbonyl (C=O) groups is 3. The molecular formula is C22H22F3N3O7. The molecule has 4 amide bonds. The molecule has 10 nitrogen and oxygen atoms in total. The van der Waals surface area contributed by atoms with E-state index in [2.05, 4.69) is 0 Å². The lowest BCUT2D eigenvalue weighted by Crippen LogP contribution is -2.69. The van der Waals surface area contributed by atoms with E-state index in [1.165, 1.54) is 58.8 Å². The van der Waals surface area contributed by atoms with Gasteiger partial charge in [-0.25, -0.2) is 4.79 Å². The molecule has 0 saturated carbocycles. The Balaban J connectivity index is 1.97. The molecule has 1 aliphatic heterocycles. The molecule has 0 bridgehead atoms. The number of halogens is 3. The van der Waals surface area contributed by atoms with Crippen LogP contribution in [0.1, 0.15) is 15.9 Å². The smallest absolute Gasteiger partial charge is 0.440 e. The van der Waals surface area contributed by atoms with Gasteiger partial charge in [-0.3, -0.25) is 19.8 Å². The van der Waals surface area contributed by atoms with E-state index in [4.69, 9.17) is 18.9 Å². The lowest BCUT2D eigenvalue weighted by molar-refractivity contribution is -0.200. The number of nitrogens with zero attached hydrogens (tertiary/aromatic N) is 1. The lowest BCUT2D eigenvalue weighted by atomic mass is 10.1. The summed E-state index contributed by atoms with van der Waals surface area (Å²) in [6, 6.07) is 7.10. The number of hydrogen-bond donors (Lipinski definition) is 2. The molecule has 0 unspecified atom stereocenters. The monoisotopic (exact) mass is 497 g/mol. The number of hydrogen-bond acceptors (Lipinski definition) is 7. The third-order valence-corrected chi connectivity index (χ3v) is 5.28. The Morgan fingerprint density at radius 1 is 0.943 bits per heavy atom. The van der Waals surface area contributed by atoms with Crippen LogP contribution in [-0.2, 0) is 11.3 Å². The number of methoxy groups -OCH3 is 4. The summed E-state index contributed by atoms with van der Waals surface area (Å²) in [5.41, 5.74) is -3.73. The topological polar surface area (TPSA) is 115 Å². The zero-order valence-electron chi connectivity index (χ0n) is 19.1.